The van der Waals surface area contributed by atoms with Crippen LogP contribution < -0.4 is 10.6 Å². The van der Waals surface area contributed by atoms with E-state index in [1.807, 2.05) is 7.05 Å². The molecule has 2 rings (SSSR count). The van der Waals surface area contributed by atoms with Crippen LogP contribution in [-0.2, 0) is 6.42 Å². The second-order valence-electron chi connectivity index (χ2n) is 6.56. The second kappa shape index (κ2) is 10.2. The van der Waals surface area contributed by atoms with Crippen LogP contribution in [0.3, 0.4) is 0 Å². The van der Waals surface area contributed by atoms with Crippen molar-refractivity contribution < 1.29 is 0 Å². The van der Waals surface area contributed by atoms with Gasteiger partial charge in [0.2, 0.25) is 0 Å². The molecule has 5 heteroatoms. The lowest BCUT2D eigenvalue weighted by Gasteiger charge is -2.26. The first-order valence-electron chi connectivity index (χ1n) is 8.78. The Labute approximate surface area is 156 Å². The fourth-order valence-electron chi connectivity index (χ4n) is 2.68. The van der Waals surface area contributed by atoms with Gasteiger partial charge in [-0.25, -0.2) is 0 Å². The zero-order chi connectivity index (χ0) is 18.1. The van der Waals surface area contributed by atoms with Gasteiger partial charge < -0.3 is 15.5 Å². The van der Waals surface area contributed by atoms with Crippen molar-refractivity contribution in [2.45, 2.75) is 25.3 Å². The van der Waals surface area contributed by atoms with Crippen molar-refractivity contribution in [3.63, 3.8) is 0 Å². The Morgan fingerprint density at radius 3 is 2.40 bits per heavy atom. The monoisotopic (exact) mass is 358 g/mol. The number of likely N-dealkylation sites (N-methyl/N-ethyl adjacent to an activating group) is 1. The van der Waals surface area contributed by atoms with Crippen LogP contribution in [0.5, 0.6) is 0 Å². The minimum atomic E-state index is 0.413. The van der Waals surface area contributed by atoms with Crippen molar-refractivity contribution in [1.82, 2.24) is 15.5 Å². The molecular weight excluding hydrogens is 328 g/mol. The van der Waals surface area contributed by atoms with E-state index in [2.05, 4.69) is 89.4 Å². The van der Waals surface area contributed by atoms with Crippen LogP contribution >= 0.6 is 11.3 Å². The van der Waals surface area contributed by atoms with Gasteiger partial charge in [-0.15, -0.1) is 11.3 Å². The fourth-order valence-corrected chi connectivity index (χ4v) is 3.47. The summed E-state index contributed by atoms with van der Waals surface area (Å²) in [6.45, 7) is 3.98. The van der Waals surface area contributed by atoms with Gasteiger partial charge in [0.25, 0.3) is 0 Å². The number of guanidine groups is 1. The predicted molar refractivity (Wildman–Crippen MR) is 110 cm³/mol. The summed E-state index contributed by atoms with van der Waals surface area (Å²) < 4.78 is 0. The summed E-state index contributed by atoms with van der Waals surface area (Å²) in [7, 11) is 6.09. The number of aliphatic imine (C=N–C) groups is 1. The second-order valence-corrected chi connectivity index (χ2v) is 7.54. The van der Waals surface area contributed by atoms with Crippen molar-refractivity contribution in [2.75, 3.05) is 34.2 Å². The molecule has 0 spiro atoms. The van der Waals surface area contributed by atoms with Gasteiger partial charge in [-0.1, -0.05) is 43.3 Å². The summed E-state index contributed by atoms with van der Waals surface area (Å²) in [6.07, 6.45) is 1.02. The molecule has 2 unspecified atom stereocenters. The average molecular weight is 359 g/mol. The first kappa shape index (κ1) is 19.5. The SMILES string of the molecule is CN=C(NCC(C)c1cccs1)NCC(Cc1ccccc1)N(C)C. The van der Waals surface area contributed by atoms with Crippen molar-refractivity contribution in [2.24, 2.45) is 4.99 Å². The van der Waals surface area contributed by atoms with Gasteiger partial charge in [-0.2, -0.15) is 0 Å². The molecule has 2 aromatic rings. The molecule has 0 saturated carbocycles. The zero-order valence-corrected chi connectivity index (χ0v) is 16.5. The Hall–Kier alpha value is -1.85. The maximum atomic E-state index is 4.36. The summed E-state index contributed by atoms with van der Waals surface area (Å²) in [6, 6.07) is 15.3. The Bertz CT molecular complexity index is 622. The van der Waals surface area contributed by atoms with E-state index in [9.17, 15) is 0 Å². The Balaban J connectivity index is 1.83. The molecule has 4 nitrogen and oxygen atoms in total. The largest absolute Gasteiger partial charge is 0.356 e. The average Bonchev–Trinajstić information content (AvgIpc) is 3.16. The summed E-state index contributed by atoms with van der Waals surface area (Å²) in [5, 5.41) is 9.04. The standard InChI is InChI=1S/C20H30N4S/c1-16(19-11-8-12-25-19)14-22-20(21-2)23-15-18(24(3)4)13-17-9-6-5-7-10-17/h5-12,16,18H,13-15H2,1-4H3,(H2,21,22,23). The number of hydrogen-bond donors (Lipinski definition) is 2. The zero-order valence-electron chi connectivity index (χ0n) is 15.7. The molecule has 0 fully saturated rings. The first-order chi connectivity index (χ1) is 12.1. The predicted octanol–water partition coefficient (Wildman–Crippen LogP) is 3.19. The van der Waals surface area contributed by atoms with Crippen LogP contribution in [0.25, 0.3) is 0 Å². The topological polar surface area (TPSA) is 39.7 Å². The molecule has 0 amide bonds. The number of hydrogen-bond acceptors (Lipinski definition) is 3. The fraction of sp³-hybridized carbons (Fsp3) is 0.450. The van der Waals surface area contributed by atoms with Gasteiger partial charge in [0, 0.05) is 37.0 Å². The Morgan fingerprint density at radius 1 is 1.08 bits per heavy atom. The Kier molecular flexibility index (Phi) is 7.95. The van der Waals surface area contributed by atoms with Crippen molar-refractivity contribution >= 4 is 17.3 Å². The molecule has 0 aliphatic heterocycles. The third-order valence-electron chi connectivity index (χ3n) is 4.38. The molecule has 2 atom stereocenters. The molecule has 0 radical (unpaired) electrons. The number of nitrogens with one attached hydrogen (secondary N) is 2. The molecule has 0 saturated heterocycles. The molecular formula is C20H30N4S. The van der Waals surface area contributed by atoms with Crippen LogP contribution in [0, 0.1) is 0 Å². The number of rotatable bonds is 8. The van der Waals surface area contributed by atoms with E-state index >= 15 is 0 Å². The van der Waals surface area contributed by atoms with Gasteiger partial charge in [0.15, 0.2) is 5.96 Å². The maximum absolute atomic E-state index is 4.36. The third-order valence-corrected chi connectivity index (χ3v) is 5.48. The smallest absolute Gasteiger partial charge is 0.191 e. The molecule has 136 valence electrons. The molecule has 1 heterocycles. The van der Waals surface area contributed by atoms with Gasteiger partial charge in [-0.05, 0) is 37.5 Å². The number of nitrogens with zero attached hydrogens (tertiary/aromatic N) is 2. The molecule has 25 heavy (non-hydrogen) atoms. The van der Waals surface area contributed by atoms with Crippen LogP contribution in [0.2, 0.25) is 0 Å². The molecule has 1 aromatic heterocycles. The summed E-state index contributed by atoms with van der Waals surface area (Å²) in [4.78, 5) is 8.03. The highest BCUT2D eigenvalue weighted by molar-refractivity contribution is 7.10. The third kappa shape index (κ3) is 6.52. The van der Waals surface area contributed by atoms with Crippen LogP contribution in [0.4, 0.5) is 0 Å². The van der Waals surface area contributed by atoms with Crippen molar-refractivity contribution in [3.8, 4) is 0 Å². The molecule has 0 bridgehead atoms. The van der Waals surface area contributed by atoms with Crippen LogP contribution in [0.15, 0.2) is 52.8 Å². The van der Waals surface area contributed by atoms with E-state index in [0.29, 0.717) is 12.0 Å². The van der Waals surface area contributed by atoms with E-state index in [4.69, 9.17) is 0 Å². The molecule has 1 aromatic carbocycles. The lowest BCUT2D eigenvalue weighted by atomic mass is 10.1. The van der Waals surface area contributed by atoms with Crippen LogP contribution in [0.1, 0.15) is 23.3 Å². The molecule has 2 N–H and O–H groups in total. The van der Waals surface area contributed by atoms with Gasteiger partial charge >= 0.3 is 0 Å². The highest BCUT2D eigenvalue weighted by atomic mass is 32.1. The first-order valence-corrected chi connectivity index (χ1v) is 9.66. The molecule has 0 aliphatic carbocycles. The van der Waals surface area contributed by atoms with Crippen molar-refractivity contribution in [1.29, 1.82) is 0 Å². The summed E-state index contributed by atoms with van der Waals surface area (Å²) >= 11 is 1.81. The van der Waals surface area contributed by atoms with E-state index < -0.39 is 0 Å². The maximum Gasteiger partial charge on any atom is 0.191 e. The van der Waals surface area contributed by atoms with Gasteiger partial charge in [-0.3, -0.25) is 4.99 Å². The highest BCUT2D eigenvalue weighted by Crippen LogP contribution is 2.19. The van der Waals surface area contributed by atoms with E-state index in [0.717, 1.165) is 25.5 Å². The normalized spacial score (nSPS) is 14.4. The van der Waals surface area contributed by atoms with Crippen LogP contribution in [-0.4, -0.2) is 51.1 Å². The number of benzene rings is 1. The minimum Gasteiger partial charge on any atom is -0.356 e. The lowest BCUT2D eigenvalue weighted by Crippen LogP contribution is -2.46. The van der Waals surface area contributed by atoms with Crippen molar-refractivity contribution in [3.05, 3.63) is 58.3 Å². The number of thiophene rings is 1. The van der Waals surface area contributed by atoms with E-state index in [-0.39, 0.29) is 0 Å². The van der Waals surface area contributed by atoms with Gasteiger partial charge in [0.05, 0.1) is 0 Å². The van der Waals surface area contributed by atoms with Gasteiger partial charge in [0.1, 0.15) is 0 Å². The quantitative estimate of drug-likeness (QED) is 0.562. The van der Waals surface area contributed by atoms with E-state index in [1.54, 1.807) is 11.3 Å². The summed E-state index contributed by atoms with van der Waals surface area (Å²) in [5.41, 5.74) is 1.36. The minimum absolute atomic E-state index is 0.413. The summed E-state index contributed by atoms with van der Waals surface area (Å²) in [5.74, 6) is 1.34. The molecule has 0 aliphatic rings. The lowest BCUT2D eigenvalue weighted by molar-refractivity contribution is 0.290. The Morgan fingerprint density at radius 2 is 1.80 bits per heavy atom. The van der Waals surface area contributed by atoms with E-state index in [1.165, 1.54) is 10.4 Å². The highest BCUT2D eigenvalue weighted by Gasteiger charge is 2.13.